The van der Waals surface area contributed by atoms with Crippen molar-refractivity contribution in [3.05, 3.63) is 24.5 Å². The summed E-state index contributed by atoms with van der Waals surface area (Å²) in [6.07, 6.45) is 6.02. The summed E-state index contributed by atoms with van der Waals surface area (Å²) in [5.74, 6) is -0.132. The highest BCUT2D eigenvalue weighted by Gasteiger charge is 2.27. The number of anilines is 1. The summed E-state index contributed by atoms with van der Waals surface area (Å²) in [5, 5.41) is 6.22. The zero-order valence-corrected chi connectivity index (χ0v) is 14.2. The number of aromatic nitrogens is 1. The Morgan fingerprint density at radius 1 is 1.42 bits per heavy atom. The van der Waals surface area contributed by atoms with E-state index in [-0.39, 0.29) is 24.3 Å². The second-order valence-corrected chi connectivity index (χ2v) is 5.92. The second kappa shape index (κ2) is 9.87. The Morgan fingerprint density at radius 3 is 3.04 bits per heavy atom. The predicted molar refractivity (Wildman–Crippen MR) is 91.5 cm³/mol. The van der Waals surface area contributed by atoms with Gasteiger partial charge in [-0.3, -0.25) is 14.6 Å². The van der Waals surface area contributed by atoms with E-state index in [4.69, 9.17) is 4.74 Å². The fraction of sp³-hybridized carbons (Fsp3) is 0.588. The number of hydrogen-bond donors (Lipinski definition) is 2. The molecule has 0 aliphatic carbocycles. The average Bonchev–Trinajstić information content (AvgIpc) is 2.62. The molecule has 7 nitrogen and oxygen atoms in total. The lowest BCUT2D eigenvalue weighted by Crippen LogP contribution is -2.46. The van der Waals surface area contributed by atoms with Gasteiger partial charge in [0.05, 0.1) is 11.6 Å². The number of rotatable bonds is 8. The summed E-state index contributed by atoms with van der Waals surface area (Å²) >= 11 is 0. The van der Waals surface area contributed by atoms with E-state index in [9.17, 15) is 9.59 Å². The van der Waals surface area contributed by atoms with Crippen molar-refractivity contribution in [2.75, 3.05) is 45.2 Å². The van der Waals surface area contributed by atoms with Crippen LogP contribution in [0.25, 0.3) is 0 Å². The molecule has 0 aromatic carbocycles. The molecule has 132 valence electrons. The summed E-state index contributed by atoms with van der Waals surface area (Å²) in [6, 6.07) is 3.84. The minimum absolute atomic E-state index is 0.0336. The number of nitrogens with one attached hydrogen (secondary N) is 2. The van der Waals surface area contributed by atoms with E-state index in [0.717, 1.165) is 31.5 Å². The van der Waals surface area contributed by atoms with E-state index in [2.05, 4.69) is 15.6 Å². The summed E-state index contributed by atoms with van der Waals surface area (Å²) in [4.78, 5) is 29.9. The van der Waals surface area contributed by atoms with Crippen LogP contribution in [0.4, 0.5) is 5.69 Å². The Hall–Kier alpha value is -2.15. The number of piperidine rings is 1. The van der Waals surface area contributed by atoms with Crippen LogP contribution in [0.5, 0.6) is 0 Å². The van der Waals surface area contributed by atoms with Gasteiger partial charge in [0.15, 0.2) is 0 Å². The lowest BCUT2D eigenvalue weighted by Gasteiger charge is -2.31. The molecule has 0 spiro atoms. The van der Waals surface area contributed by atoms with Crippen LogP contribution in [-0.2, 0) is 14.3 Å². The van der Waals surface area contributed by atoms with Crippen LogP contribution >= 0.6 is 0 Å². The fourth-order valence-corrected chi connectivity index (χ4v) is 2.78. The van der Waals surface area contributed by atoms with Crippen LogP contribution in [0, 0.1) is 5.92 Å². The zero-order valence-electron chi connectivity index (χ0n) is 14.2. The Kier molecular flexibility index (Phi) is 7.48. The van der Waals surface area contributed by atoms with Crippen molar-refractivity contribution in [2.45, 2.75) is 19.3 Å². The molecule has 0 saturated carbocycles. The van der Waals surface area contributed by atoms with Crippen LogP contribution in [0.1, 0.15) is 19.3 Å². The van der Waals surface area contributed by atoms with Crippen LogP contribution in [-0.4, -0.2) is 61.6 Å². The maximum absolute atomic E-state index is 12.2. The third-order valence-electron chi connectivity index (χ3n) is 4.06. The van der Waals surface area contributed by atoms with Crippen LogP contribution in [0.15, 0.2) is 24.5 Å². The third kappa shape index (κ3) is 5.81. The molecule has 1 saturated heterocycles. The monoisotopic (exact) mass is 334 g/mol. The SMILES string of the molecule is COCC(=O)N1CCC[C@H](C(=O)NCCCNc2cccnc2)C1. The van der Waals surface area contributed by atoms with Crippen molar-refractivity contribution < 1.29 is 14.3 Å². The molecule has 2 rings (SSSR count). The Bertz CT molecular complexity index is 524. The first-order valence-electron chi connectivity index (χ1n) is 8.39. The van der Waals surface area contributed by atoms with Gasteiger partial charge in [-0.25, -0.2) is 0 Å². The molecule has 7 heteroatoms. The van der Waals surface area contributed by atoms with Gasteiger partial charge in [-0.15, -0.1) is 0 Å². The first-order chi connectivity index (χ1) is 11.7. The molecule has 1 aliphatic heterocycles. The zero-order chi connectivity index (χ0) is 17.2. The van der Waals surface area contributed by atoms with Gasteiger partial charge in [-0.2, -0.15) is 0 Å². The van der Waals surface area contributed by atoms with E-state index >= 15 is 0 Å². The van der Waals surface area contributed by atoms with Gasteiger partial charge in [-0.1, -0.05) is 0 Å². The Balaban J connectivity index is 1.64. The second-order valence-electron chi connectivity index (χ2n) is 5.92. The smallest absolute Gasteiger partial charge is 0.248 e. The Morgan fingerprint density at radius 2 is 2.29 bits per heavy atom. The summed E-state index contributed by atoms with van der Waals surface area (Å²) in [5.41, 5.74) is 0.975. The van der Waals surface area contributed by atoms with Crippen LogP contribution < -0.4 is 10.6 Å². The van der Waals surface area contributed by atoms with Gasteiger partial charge in [0.25, 0.3) is 0 Å². The van der Waals surface area contributed by atoms with E-state index < -0.39 is 0 Å². The molecule has 0 bridgehead atoms. The molecule has 2 amide bonds. The highest BCUT2D eigenvalue weighted by atomic mass is 16.5. The highest BCUT2D eigenvalue weighted by molar-refractivity contribution is 5.81. The molecule has 1 fully saturated rings. The minimum Gasteiger partial charge on any atom is -0.384 e. The molecular formula is C17H26N4O3. The molecule has 2 N–H and O–H groups in total. The molecule has 1 aromatic rings. The van der Waals surface area contributed by atoms with Crippen molar-refractivity contribution in [3.63, 3.8) is 0 Å². The largest absolute Gasteiger partial charge is 0.384 e. The molecular weight excluding hydrogens is 308 g/mol. The topological polar surface area (TPSA) is 83.6 Å². The van der Waals surface area contributed by atoms with Gasteiger partial charge in [0.1, 0.15) is 6.61 Å². The normalized spacial score (nSPS) is 17.4. The average molecular weight is 334 g/mol. The van der Waals surface area contributed by atoms with E-state index in [1.165, 1.54) is 7.11 Å². The predicted octanol–water partition coefficient (Wildman–Crippen LogP) is 0.885. The van der Waals surface area contributed by atoms with Gasteiger partial charge < -0.3 is 20.3 Å². The number of methoxy groups -OCH3 is 1. The molecule has 0 unspecified atom stereocenters. The standard InChI is InChI=1S/C17H26N4O3/c1-24-13-16(22)21-10-3-5-14(12-21)17(23)20-9-4-8-19-15-6-2-7-18-11-15/h2,6-7,11,14,19H,3-5,8-10,12-13H2,1H3,(H,20,23)/t14-/m0/s1. The summed E-state index contributed by atoms with van der Waals surface area (Å²) in [7, 11) is 1.51. The third-order valence-corrected chi connectivity index (χ3v) is 4.06. The maximum Gasteiger partial charge on any atom is 0.248 e. The van der Waals surface area contributed by atoms with Crippen molar-refractivity contribution >= 4 is 17.5 Å². The number of nitrogens with zero attached hydrogens (tertiary/aromatic N) is 2. The van der Waals surface area contributed by atoms with E-state index in [1.807, 2.05) is 12.1 Å². The van der Waals surface area contributed by atoms with E-state index in [0.29, 0.717) is 19.6 Å². The first kappa shape index (κ1) is 18.2. The van der Waals surface area contributed by atoms with Gasteiger partial charge >= 0.3 is 0 Å². The number of amides is 2. The molecule has 1 atom stereocenters. The fourth-order valence-electron chi connectivity index (χ4n) is 2.78. The number of carbonyl (C=O) groups is 2. The lowest BCUT2D eigenvalue weighted by molar-refractivity contribution is -0.138. The molecule has 0 radical (unpaired) electrons. The van der Waals surface area contributed by atoms with Gasteiger partial charge in [0, 0.05) is 45.7 Å². The molecule has 1 aromatic heterocycles. The maximum atomic E-state index is 12.2. The van der Waals surface area contributed by atoms with Crippen LogP contribution in [0.2, 0.25) is 0 Å². The molecule has 24 heavy (non-hydrogen) atoms. The Labute approximate surface area is 142 Å². The molecule has 1 aliphatic rings. The minimum atomic E-state index is -0.120. The quantitative estimate of drug-likeness (QED) is 0.690. The summed E-state index contributed by atoms with van der Waals surface area (Å²) < 4.78 is 4.88. The molecule has 2 heterocycles. The van der Waals surface area contributed by atoms with Crippen molar-refractivity contribution in [1.82, 2.24) is 15.2 Å². The highest BCUT2D eigenvalue weighted by Crippen LogP contribution is 2.16. The van der Waals surface area contributed by atoms with Crippen molar-refractivity contribution in [3.8, 4) is 0 Å². The number of ether oxygens (including phenoxy) is 1. The first-order valence-corrected chi connectivity index (χ1v) is 8.39. The van der Waals surface area contributed by atoms with Gasteiger partial charge in [0.2, 0.25) is 11.8 Å². The number of pyridine rings is 1. The van der Waals surface area contributed by atoms with Crippen molar-refractivity contribution in [1.29, 1.82) is 0 Å². The number of hydrogen-bond acceptors (Lipinski definition) is 5. The van der Waals surface area contributed by atoms with Crippen LogP contribution in [0.3, 0.4) is 0 Å². The lowest BCUT2D eigenvalue weighted by atomic mass is 9.97. The summed E-state index contributed by atoms with van der Waals surface area (Å²) in [6.45, 7) is 2.67. The van der Waals surface area contributed by atoms with Crippen molar-refractivity contribution in [2.24, 2.45) is 5.92 Å². The van der Waals surface area contributed by atoms with Gasteiger partial charge in [-0.05, 0) is 31.4 Å². The number of likely N-dealkylation sites (tertiary alicyclic amines) is 1. The number of carbonyl (C=O) groups excluding carboxylic acids is 2. The van der Waals surface area contributed by atoms with E-state index in [1.54, 1.807) is 17.3 Å².